The first-order valence-corrected chi connectivity index (χ1v) is 8.25. The molecule has 0 aliphatic heterocycles. The van der Waals surface area contributed by atoms with E-state index in [-0.39, 0.29) is 11.9 Å². The van der Waals surface area contributed by atoms with E-state index in [2.05, 4.69) is 26.9 Å². The summed E-state index contributed by atoms with van der Waals surface area (Å²) in [5.41, 5.74) is 4.78. The van der Waals surface area contributed by atoms with Crippen molar-refractivity contribution in [1.29, 1.82) is 0 Å². The van der Waals surface area contributed by atoms with Crippen molar-refractivity contribution in [3.8, 4) is 0 Å². The van der Waals surface area contributed by atoms with Gasteiger partial charge in [-0.3, -0.25) is 9.48 Å². The number of carbonyl (C=O) groups excluding carboxylic acids is 1. The van der Waals surface area contributed by atoms with E-state index in [1.165, 1.54) is 0 Å². The molecule has 0 fully saturated rings. The molecular weight excluding hydrogens is 302 g/mol. The minimum Gasteiger partial charge on any atom is -0.331 e. The molecule has 0 saturated carbocycles. The third kappa shape index (κ3) is 3.18. The van der Waals surface area contributed by atoms with Gasteiger partial charge in [0, 0.05) is 24.3 Å². The lowest BCUT2D eigenvalue weighted by atomic mass is 10.2. The number of carbonyl (C=O) groups is 1. The van der Waals surface area contributed by atoms with E-state index < -0.39 is 0 Å². The summed E-state index contributed by atoms with van der Waals surface area (Å²) >= 11 is 0. The molecule has 1 N–H and O–H groups in total. The Morgan fingerprint density at radius 2 is 2.08 bits per heavy atom. The Morgan fingerprint density at radius 1 is 1.29 bits per heavy atom. The molecule has 0 radical (unpaired) electrons. The molecule has 0 unspecified atom stereocenters. The van der Waals surface area contributed by atoms with Crippen LogP contribution in [0.5, 0.6) is 0 Å². The highest BCUT2D eigenvalue weighted by Crippen LogP contribution is 2.20. The number of aryl methyl sites for hydroxylation is 3. The summed E-state index contributed by atoms with van der Waals surface area (Å²) < 4.78 is 3.98. The van der Waals surface area contributed by atoms with Gasteiger partial charge in [0.05, 0.1) is 29.1 Å². The van der Waals surface area contributed by atoms with Gasteiger partial charge in [-0.15, -0.1) is 0 Å². The number of imidazole rings is 1. The van der Waals surface area contributed by atoms with Crippen LogP contribution < -0.4 is 5.32 Å². The Balaban J connectivity index is 1.69. The number of hydrogen-bond donors (Lipinski definition) is 1. The second kappa shape index (κ2) is 6.47. The maximum Gasteiger partial charge on any atom is 0.226 e. The minimum absolute atomic E-state index is 0.0155. The quantitative estimate of drug-likeness (QED) is 0.781. The Bertz CT molecular complexity index is 877. The zero-order valence-electron chi connectivity index (χ0n) is 14.6. The topological polar surface area (TPSA) is 64.7 Å². The second-order valence-electron chi connectivity index (χ2n) is 6.21. The zero-order valence-corrected chi connectivity index (χ0v) is 14.6. The molecule has 24 heavy (non-hydrogen) atoms. The first kappa shape index (κ1) is 16.2. The van der Waals surface area contributed by atoms with Crippen LogP contribution in [0.2, 0.25) is 0 Å². The number of fused-ring (bicyclic) bond motifs is 1. The Labute approximate surface area is 141 Å². The molecule has 0 bridgehead atoms. The van der Waals surface area contributed by atoms with E-state index in [1.54, 1.807) is 0 Å². The molecule has 6 nitrogen and oxygen atoms in total. The summed E-state index contributed by atoms with van der Waals surface area (Å²) in [5.74, 6) is -0.0238. The highest BCUT2D eigenvalue weighted by molar-refractivity contribution is 5.93. The highest BCUT2D eigenvalue weighted by Gasteiger charge is 2.14. The molecule has 3 rings (SSSR count). The van der Waals surface area contributed by atoms with Crippen LogP contribution in [0.15, 0.2) is 30.6 Å². The minimum atomic E-state index is -0.0238. The van der Waals surface area contributed by atoms with Crippen molar-refractivity contribution in [1.82, 2.24) is 19.3 Å². The normalized spacial score (nSPS) is 12.5. The third-order valence-electron chi connectivity index (χ3n) is 4.19. The molecule has 2 heterocycles. The van der Waals surface area contributed by atoms with Crippen molar-refractivity contribution in [2.24, 2.45) is 0 Å². The van der Waals surface area contributed by atoms with Gasteiger partial charge in [-0.2, -0.15) is 5.10 Å². The zero-order chi connectivity index (χ0) is 17.3. The molecule has 126 valence electrons. The van der Waals surface area contributed by atoms with Crippen LogP contribution in [-0.4, -0.2) is 25.2 Å². The van der Waals surface area contributed by atoms with Crippen LogP contribution >= 0.6 is 0 Å². The van der Waals surface area contributed by atoms with Crippen molar-refractivity contribution < 1.29 is 4.79 Å². The molecule has 0 aliphatic rings. The molecule has 0 saturated heterocycles. The highest BCUT2D eigenvalue weighted by atomic mass is 16.1. The summed E-state index contributed by atoms with van der Waals surface area (Å²) in [6, 6.07) is 7.86. The number of hydrogen-bond acceptors (Lipinski definition) is 3. The van der Waals surface area contributed by atoms with E-state index in [9.17, 15) is 4.79 Å². The van der Waals surface area contributed by atoms with Crippen molar-refractivity contribution in [3.63, 3.8) is 0 Å². The lowest BCUT2D eigenvalue weighted by Crippen LogP contribution is -2.19. The second-order valence-corrected chi connectivity index (χ2v) is 6.21. The lowest BCUT2D eigenvalue weighted by molar-refractivity contribution is -0.116. The van der Waals surface area contributed by atoms with Gasteiger partial charge < -0.3 is 9.88 Å². The predicted molar refractivity (Wildman–Crippen MR) is 95.1 cm³/mol. The van der Waals surface area contributed by atoms with Crippen LogP contribution in [0.3, 0.4) is 0 Å². The Hall–Kier alpha value is -2.63. The van der Waals surface area contributed by atoms with Gasteiger partial charge in [0.2, 0.25) is 5.91 Å². The molecule has 1 aromatic carbocycles. The van der Waals surface area contributed by atoms with Gasteiger partial charge in [-0.05, 0) is 52.0 Å². The molecule has 0 spiro atoms. The average molecular weight is 325 g/mol. The van der Waals surface area contributed by atoms with Crippen molar-refractivity contribution in [3.05, 3.63) is 42.0 Å². The lowest BCUT2D eigenvalue weighted by Gasteiger charge is -2.14. The molecular formula is C18H23N5O. The smallest absolute Gasteiger partial charge is 0.226 e. The average Bonchev–Trinajstić information content (AvgIpc) is 3.09. The number of nitrogens with one attached hydrogen (secondary N) is 1. The van der Waals surface area contributed by atoms with E-state index in [1.807, 2.05) is 56.0 Å². The molecule has 2 aromatic heterocycles. The first-order chi connectivity index (χ1) is 11.5. The van der Waals surface area contributed by atoms with Gasteiger partial charge in [0.1, 0.15) is 0 Å². The number of amides is 1. The Kier molecular flexibility index (Phi) is 4.38. The summed E-state index contributed by atoms with van der Waals surface area (Å²) in [6.07, 6.45) is 2.20. The van der Waals surface area contributed by atoms with Gasteiger partial charge >= 0.3 is 0 Å². The van der Waals surface area contributed by atoms with Crippen LogP contribution in [0.1, 0.15) is 37.7 Å². The maximum absolute atomic E-state index is 12.3. The van der Waals surface area contributed by atoms with Crippen molar-refractivity contribution >= 4 is 22.6 Å². The molecule has 1 atom stereocenters. The predicted octanol–water partition coefficient (Wildman–Crippen LogP) is 3.46. The summed E-state index contributed by atoms with van der Waals surface area (Å²) in [7, 11) is 0. The maximum atomic E-state index is 12.3. The standard InChI is InChI=1S/C18H23N5O/c1-5-22-11-19-16-10-15(6-7-17(16)22)20-18(24)9-14(4)23-13(3)8-12(2)21-23/h6-8,10-11,14H,5,9H2,1-4H3,(H,20,24)/t14-/m0/s1. The summed E-state index contributed by atoms with van der Waals surface area (Å²) in [5, 5.41) is 7.41. The van der Waals surface area contributed by atoms with E-state index in [0.29, 0.717) is 6.42 Å². The number of aromatic nitrogens is 4. The van der Waals surface area contributed by atoms with Crippen molar-refractivity contribution in [2.45, 2.75) is 46.7 Å². The fourth-order valence-corrected chi connectivity index (χ4v) is 3.05. The summed E-state index contributed by atoms with van der Waals surface area (Å²) in [6.45, 7) is 8.93. The third-order valence-corrected chi connectivity index (χ3v) is 4.19. The molecule has 1 amide bonds. The summed E-state index contributed by atoms with van der Waals surface area (Å²) in [4.78, 5) is 16.7. The Morgan fingerprint density at radius 3 is 2.75 bits per heavy atom. The van der Waals surface area contributed by atoms with E-state index >= 15 is 0 Å². The van der Waals surface area contributed by atoms with Crippen LogP contribution in [-0.2, 0) is 11.3 Å². The fraction of sp³-hybridized carbons (Fsp3) is 0.389. The molecule has 6 heteroatoms. The number of benzene rings is 1. The number of anilines is 1. The number of rotatable bonds is 5. The van der Waals surface area contributed by atoms with E-state index in [0.717, 1.165) is 34.7 Å². The fourth-order valence-electron chi connectivity index (χ4n) is 3.05. The largest absolute Gasteiger partial charge is 0.331 e. The van der Waals surface area contributed by atoms with Crippen molar-refractivity contribution in [2.75, 3.05) is 5.32 Å². The number of nitrogens with zero attached hydrogens (tertiary/aromatic N) is 4. The van der Waals surface area contributed by atoms with Gasteiger partial charge in [-0.25, -0.2) is 4.98 Å². The monoisotopic (exact) mass is 325 g/mol. The first-order valence-electron chi connectivity index (χ1n) is 8.25. The van der Waals surface area contributed by atoms with Gasteiger partial charge in [-0.1, -0.05) is 0 Å². The molecule has 3 aromatic rings. The van der Waals surface area contributed by atoms with Crippen LogP contribution in [0, 0.1) is 13.8 Å². The van der Waals surface area contributed by atoms with E-state index in [4.69, 9.17) is 0 Å². The molecule has 0 aliphatic carbocycles. The van der Waals surface area contributed by atoms with Gasteiger partial charge in [0.15, 0.2) is 0 Å². The van der Waals surface area contributed by atoms with Gasteiger partial charge in [0.25, 0.3) is 0 Å². The van der Waals surface area contributed by atoms with Crippen LogP contribution in [0.4, 0.5) is 5.69 Å². The SMILES string of the molecule is CCn1cnc2cc(NC(=O)C[C@H](C)n3nc(C)cc3C)ccc21. The van der Waals surface area contributed by atoms with Crippen LogP contribution in [0.25, 0.3) is 11.0 Å².